The quantitative estimate of drug-likeness (QED) is 0.925. The summed E-state index contributed by atoms with van der Waals surface area (Å²) in [6.07, 6.45) is -4.58. The van der Waals surface area contributed by atoms with Crippen molar-refractivity contribution in [3.05, 3.63) is 28.2 Å². The van der Waals surface area contributed by atoms with Crippen LogP contribution in [-0.2, 0) is 16.2 Å². The first-order valence-electron chi connectivity index (χ1n) is 4.54. The molecular formula is C9H9BrF3NO2S. The van der Waals surface area contributed by atoms with E-state index in [1.54, 1.807) is 6.92 Å². The first kappa shape index (κ1) is 14.5. The third kappa shape index (κ3) is 3.68. The molecule has 0 heterocycles. The Hall–Kier alpha value is -0.600. The molecule has 1 aromatic rings. The predicted octanol–water partition coefficient (Wildman–Crippen LogP) is 2.77. The molecule has 1 N–H and O–H groups in total. The zero-order valence-electron chi connectivity index (χ0n) is 8.68. The van der Waals surface area contributed by atoms with Gasteiger partial charge in [-0.25, -0.2) is 13.1 Å². The number of sulfonamides is 1. The zero-order valence-corrected chi connectivity index (χ0v) is 11.1. The second-order valence-corrected chi connectivity index (χ2v) is 5.86. The van der Waals surface area contributed by atoms with Gasteiger partial charge in [-0.2, -0.15) is 13.2 Å². The molecule has 96 valence electrons. The van der Waals surface area contributed by atoms with Gasteiger partial charge >= 0.3 is 6.18 Å². The Balaban J connectivity index is 3.33. The van der Waals surface area contributed by atoms with Gasteiger partial charge in [-0.1, -0.05) is 22.9 Å². The highest BCUT2D eigenvalue weighted by atomic mass is 79.9. The Morgan fingerprint density at radius 2 is 1.88 bits per heavy atom. The van der Waals surface area contributed by atoms with E-state index in [-0.39, 0.29) is 11.0 Å². The van der Waals surface area contributed by atoms with Crippen molar-refractivity contribution < 1.29 is 21.6 Å². The van der Waals surface area contributed by atoms with Gasteiger partial charge in [-0.15, -0.1) is 0 Å². The topological polar surface area (TPSA) is 46.2 Å². The number of nitrogens with one attached hydrogen (secondary N) is 1. The van der Waals surface area contributed by atoms with Gasteiger partial charge in [-0.3, -0.25) is 0 Å². The molecule has 0 saturated heterocycles. The Morgan fingerprint density at radius 1 is 1.29 bits per heavy atom. The van der Waals surface area contributed by atoms with Crippen molar-refractivity contribution in [1.29, 1.82) is 0 Å². The molecular weight excluding hydrogens is 323 g/mol. The van der Waals surface area contributed by atoms with E-state index >= 15 is 0 Å². The van der Waals surface area contributed by atoms with E-state index < -0.39 is 26.7 Å². The third-order valence-corrected chi connectivity index (χ3v) is 3.83. The average molecular weight is 332 g/mol. The molecule has 8 heteroatoms. The second-order valence-electron chi connectivity index (χ2n) is 3.17. The van der Waals surface area contributed by atoms with Gasteiger partial charge in [-0.05, 0) is 18.2 Å². The molecule has 0 aliphatic heterocycles. The fourth-order valence-corrected chi connectivity index (χ4v) is 2.91. The SMILES string of the molecule is CCNS(=O)(=O)c1cc(Br)cc(C(F)(F)F)c1. The van der Waals surface area contributed by atoms with E-state index in [4.69, 9.17) is 0 Å². The fourth-order valence-electron chi connectivity index (χ4n) is 1.15. The van der Waals surface area contributed by atoms with Gasteiger partial charge in [0.1, 0.15) is 0 Å². The molecule has 3 nitrogen and oxygen atoms in total. The van der Waals surface area contributed by atoms with E-state index in [9.17, 15) is 21.6 Å². The maximum Gasteiger partial charge on any atom is 0.416 e. The Kier molecular flexibility index (Phi) is 4.21. The highest BCUT2D eigenvalue weighted by Gasteiger charge is 2.32. The molecule has 0 atom stereocenters. The summed E-state index contributed by atoms with van der Waals surface area (Å²) in [6, 6.07) is 2.54. The van der Waals surface area contributed by atoms with Crippen LogP contribution < -0.4 is 4.72 Å². The Bertz CT molecular complexity index is 513. The van der Waals surface area contributed by atoms with Crippen molar-refractivity contribution in [2.75, 3.05) is 6.54 Å². The summed E-state index contributed by atoms with van der Waals surface area (Å²) in [5, 5.41) is 0. The number of hydrogen-bond donors (Lipinski definition) is 1. The lowest BCUT2D eigenvalue weighted by atomic mass is 10.2. The smallest absolute Gasteiger partial charge is 0.211 e. The standard InChI is InChI=1S/C9H9BrF3NO2S/c1-2-14-17(15,16)8-4-6(9(11,12)13)3-7(10)5-8/h3-5,14H,2H2,1H3. The molecule has 0 radical (unpaired) electrons. The summed E-state index contributed by atoms with van der Waals surface area (Å²) < 4.78 is 62.8. The molecule has 0 aliphatic rings. The maximum atomic E-state index is 12.5. The van der Waals surface area contributed by atoms with Crippen LogP contribution in [0.5, 0.6) is 0 Å². The predicted molar refractivity (Wildman–Crippen MR) is 60.0 cm³/mol. The van der Waals surface area contributed by atoms with Gasteiger partial charge in [0.05, 0.1) is 10.5 Å². The van der Waals surface area contributed by atoms with E-state index in [0.717, 1.165) is 12.1 Å². The summed E-state index contributed by atoms with van der Waals surface area (Å²) >= 11 is 2.86. The number of benzene rings is 1. The minimum Gasteiger partial charge on any atom is -0.211 e. The van der Waals surface area contributed by atoms with Crippen LogP contribution in [0.3, 0.4) is 0 Å². The lowest BCUT2D eigenvalue weighted by Gasteiger charge is -2.10. The molecule has 1 rings (SSSR count). The third-order valence-electron chi connectivity index (χ3n) is 1.84. The first-order chi connectivity index (χ1) is 7.66. The molecule has 0 aromatic heterocycles. The summed E-state index contributed by atoms with van der Waals surface area (Å²) in [6.45, 7) is 1.65. The highest BCUT2D eigenvalue weighted by molar-refractivity contribution is 9.10. The van der Waals surface area contributed by atoms with Crippen molar-refractivity contribution in [2.45, 2.75) is 18.0 Å². The van der Waals surface area contributed by atoms with Crippen molar-refractivity contribution in [3.8, 4) is 0 Å². The van der Waals surface area contributed by atoms with Crippen LogP contribution in [0.4, 0.5) is 13.2 Å². The molecule has 0 saturated carbocycles. The molecule has 0 amide bonds. The number of rotatable bonds is 3. The number of alkyl halides is 3. The monoisotopic (exact) mass is 331 g/mol. The molecule has 17 heavy (non-hydrogen) atoms. The van der Waals surface area contributed by atoms with E-state index in [1.165, 1.54) is 0 Å². The van der Waals surface area contributed by atoms with Gasteiger partial charge in [0.25, 0.3) is 0 Å². The first-order valence-corrected chi connectivity index (χ1v) is 6.82. The summed E-state index contributed by atoms with van der Waals surface area (Å²) in [5.74, 6) is 0. The van der Waals surface area contributed by atoms with E-state index in [2.05, 4.69) is 20.7 Å². The molecule has 1 aromatic carbocycles. The minimum absolute atomic E-state index is 0.0591. The van der Waals surface area contributed by atoms with E-state index in [1.807, 2.05) is 0 Å². The Morgan fingerprint density at radius 3 is 2.35 bits per heavy atom. The normalized spacial score (nSPS) is 12.8. The second kappa shape index (κ2) is 4.95. The van der Waals surface area contributed by atoms with Gasteiger partial charge in [0, 0.05) is 11.0 Å². The van der Waals surface area contributed by atoms with Crippen molar-refractivity contribution in [1.82, 2.24) is 4.72 Å². The molecule has 0 bridgehead atoms. The zero-order chi connectivity index (χ0) is 13.3. The lowest BCUT2D eigenvalue weighted by Crippen LogP contribution is -2.23. The van der Waals surface area contributed by atoms with Crippen LogP contribution in [0.25, 0.3) is 0 Å². The van der Waals surface area contributed by atoms with Crippen molar-refractivity contribution in [2.24, 2.45) is 0 Å². The Labute approximate surface area is 105 Å². The lowest BCUT2D eigenvalue weighted by molar-refractivity contribution is -0.137. The van der Waals surface area contributed by atoms with Crippen LogP contribution in [0.2, 0.25) is 0 Å². The summed E-state index contributed by atoms with van der Waals surface area (Å²) in [7, 11) is -3.90. The molecule has 0 aliphatic carbocycles. The van der Waals surface area contributed by atoms with Crippen LogP contribution in [0, 0.1) is 0 Å². The van der Waals surface area contributed by atoms with Gasteiger partial charge in [0.2, 0.25) is 10.0 Å². The van der Waals surface area contributed by atoms with Crippen molar-refractivity contribution in [3.63, 3.8) is 0 Å². The fraction of sp³-hybridized carbons (Fsp3) is 0.333. The average Bonchev–Trinajstić information content (AvgIpc) is 2.15. The largest absolute Gasteiger partial charge is 0.416 e. The van der Waals surface area contributed by atoms with Gasteiger partial charge < -0.3 is 0 Å². The van der Waals surface area contributed by atoms with Crippen LogP contribution in [0.15, 0.2) is 27.6 Å². The highest BCUT2D eigenvalue weighted by Crippen LogP contribution is 2.32. The molecule has 0 unspecified atom stereocenters. The minimum atomic E-state index is -4.58. The van der Waals surface area contributed by atoms with Gasteiger partial charge in [0.15, 0.2) is 0 Å². The van der Waals surface area contributed by atoms with E-state index in [0.29, 0.717) is 6.07 Å². The summed E-state index contributed by atoms with van der Waals surface area (Å²) in [4.78, 5) is -0.416. The van der Waals surface area contributed by atoms with Crippen LogP contribution in [-0.4, -0.2) is 15.0 Å². The molecule has 0 spiro atoms. The summed E-state index contributed by atoms with van der Waals surface area (Å²) in [5.41, 5.74) is -1.01. The number of hydrogen-bond acceptors (Lipinski definition) is 2. The molecule has 0 fully saturated rings. The van der Waals surface area contributed by atoms with Crippen LogP contribution in [0.1, 0.15) is 12.5 Å². The maximum absolute atomic E-state index is 12.5. The van der Waals surface area contributed by atoms with Crippen LogP contribution >= 0.6 is 15.9 Å². The number of halogens is 4. The van der Waals surface area contributed by atoms with Crippen molar-refractivity contribution >= 4 is 26.0 Å².